The summed E-state index contributed by atoms with van der Waals surface area (Å²) in [5.41, 5.74) is 1.24. The highest BCUT2D eigenvalue weighted by Gasteiger charge is 1.97. The summed E-state index contributed by atoms with van der Waals surface area (Å²) in [5.74, 6) is -0.194. The highest BCUT2D eigenvalue weighted by atomic mass is 16.5. The van der Waals surface area contributed by atoms with Gasteiger partial charge in [0.05, 0.1) is 0 Å². The van der Waals surface area contributed by atoms with Gasteiger partial charge in [0.2, 0.25) is 0 Å². The molecule has 0 aromatic heterocycles. The summed E-state index contributed by atoms with van der Waals surface area (Å²) in [4.78, 5) is 10.6. The van der Waals surface area contributed by atoms with Crippen molar-refractivity contribution in [3.63, 3.8) is 0 Å². The maximum absolute atomic E-state index is 10.6. The Hall–Kier alpha value is -0.790. The van der Waals surface area contributed by atoms with E-state index in [9.17, 15) is 4.79 Å². The summed E-state index contributed by atoms with van der Waals surface area (Å²) >= 11 is 0. The number of carbonyl (C=O) groups is 1. The normalized spacial score (nSPS) is 11.5. The van der Waals surface area contributed by atoms with E-state index in [2.05, 4.69) is 19.9 Å². The Morgan fingerprint density at radius 3 is 2.47 bits per heavy atom. The standard InChI is InChI=1S/C13H24O2/c1-4-6-7-8-9-10-13(5-2)11-15-12(3)14/h10H,4-9,11H2,1-3H3/b13-10+. The van der Waals surface area contributed by atoms with Gasteiger partial charge in [0, 0.05) is 6.92 Å². The first-order chi connectivity index (χ1) is 7.20. The molecular formula is C13H24O2. The van der Waals surface area contributed by atoms with E-state index in [1.165, 1.54) is 38.2 Å². The molecule has 0 aromatic rings. The summed E-state index contributed by atoms with van der Waals surface area (Å²) in [6.45, 7) is 6.24. The molecule has 0 aliphatic rings. The number of allylic oxidation sites excluding steroid dienone is 1. The minimum atomic E-state index is -0.194. The Kier molecular flexibility index (Phi) is 9.24. The number of esters is 1. The van der Waals surface area contributed by atoms with Crippen molar-refractivity contribution < 1.29 is 9.53 Å². The van der Waals surface area contributed by atoms with Gasteiger partial charge in [0.1, 0.15) is 6.61 Å². The number of hydrogen-bond donors (Lipinski definition) is 0. The van der Waals surface area contributed by atoms with Gasteiger partial charge in [-0.25, -0.2) is 0 Å². The third-order valence-electron chi connectivity index (χ3n) is 2.41. The molecule has 0 bridgehead atoms. The molecule has 0 N–H and O–H groups in total. The fraction of sp³-hybridized carbons (Fsp3) is 0.769. The maximum Gasteiger partial charge on any atom is 0.302 e. The second kappa shape index (κ2) is 9.75. The SMILES string of the molecule is CCCCCC/C=C(\CC)COC(C)=O. The predicted octanol–water partition coefficient (Wildman–Crippen LogP) is 3.86. The number of hydrogen-bond acceptors (Lipinski definition) is 2. The third kappa shape index (κ3) is 9.51. The molecule has 15 heavy (non-hydrogen) atoms. The second-order valence-corrected chi connectivity index (χ2v) is 3.85. The number of carbonyl (C=O) groups excluding carboxylic acids is 1. The molecule has 0 saturated carbocycles. The molecule has 0 amide bonds. The van der Waals surface area contributed by atoms with E-state index < -0.39 is 0 Å². The first-order valence-corrected chi connectivity index (χ1v) is 6.02. The summed E-state index contributed by atoms with van der Waals surface area (Å²) < 4.78 is 4.97. The van der Waals surface area contributed by atoms with Gasteiger partial charge in [0.15, 0.2) is 0 Å². The van der Waals surface area contributed by atoms with Crippen LogP contribution in [0.1, 0.15) is 59.3 Å². The van der Waals surface area contributed by atoms with Crippen LogP contribution in [0, 0.1) is 0 Å². The summed E-state index contributed by atoms with van der Waals surface area (Å²) in [6, 6.07) is 0. The van der Waals surface area contributed by atoms with Crippen LogP contribution in [0.3, 0.4) is 0 Å². The van der Waals surface area contributed by atoms with E-state index >= 15 is 0 Å². The summed E-state index contributed by atoms with van der Waals surface area (Å²) in [5, 5.41) is 0. The van der Waals surface area contributed by atoms with E-state index in [-0.39, 0.29) is 5.97 Å². The van der Waals surface area contributed by atoms with Gasteiger partial charge >= 0.3 is 5.97 Å². The Balaban J connectivity index is 3.64. The molecule has 2 heteroatoms. The van der Waals surface area contributed by atoms with Gasteiger partial charge < -0.3 is 4.74 Å². The highest BCUT2D eigenvalue weighted by Crippen LogP contribution is 2.08. The van der Waals surface area contributed by atoms with Gasteiger partial charge in [-0.15, -0.1) is 0 Å². The van der Waals surface area contributed by atoms with Crippen LogP contribution >= 0.6 is 0 Å². The third-order valence-corrected chi connectivity index (χ3v) is 2.41. The van der Waals surface area contributed by atoms with Crippen LogP contribution in [0.2, 0.25) is 0 Å². The van der Waals surface area contributed by atoms with Crippen molar-refractivity contribution in [1.82, 2.24) is 0 Å². The second-order valence-electron chi connectivity index (χ2n) is 3.85. The van der Waals surface area contributed by atoms with E-state index in [1.54, 1.807) is 0 Å². The molecule has 0 unspecified atom stereocenters. The van der Waals surface area contributed by atoms with Crippen molar-refractivity contribution in [1.29, 1.82) is 0 Å². The molecular weight excluding hydrogens is 188 g/mol. The highest BCUT2D eigenvalue weighted by molar-refractivity contribution is 5.66. The molecule has 0 spiro atoms. The lowest BCUT2D eigenvalue weighted by Crippen LogP contribution is -2.02. The van der Waals surface area contributed by atoms with Gasteiger partial charge in [-0.2, -0.15) is 0 Å². The van der Waals surface area contributed by atoms with Gasteiger partial charge in [0.25, 0.3) is 0 Å². The molecule has 0 fully saturated rings. The molecule has 0 aliphatic heterocycles. The molecule has 0 rings (SSSR count). The van der Waals surface area contributed by atoms with Gasteiger partial charge in [-0.1, -0.05) is 39.2 Å². The largest absolute Gasteiger partial charge is 0.461 e. The van der Waals surface area contributed by atoms with Crippen molar-refractivity contribution in [2.24, 2.45) is 0 Å². The van der Waals surface area contributed by atoms with E-state index in [0.717, 1.165) is 12.8 Å². The topological polar surface area (TPSA) is 26.3 Å². The van der Waals surface area contributed by atoms with Crippen molar-refractivity contribution >= 4 is 5.97 Å². The van der Waals surface area contributed by atoms with Crippen LogP contribution in [-0.4, -0.2) is 12.6 Å². The molecule has 0 aliphatic carbocycles. The zero-order valence-electron chi connectivity index (χ0n) is 10.3. The van der Waals surface area contributed by atoms with Crippen LogP contribution in [-0.2, 0) is 9.53 Å². The van der Waals surface area contributed by atoms with Gasteiger partial charge in [-0.3, -0.25) is 4.79 Å². The fourth-order valence-electron chi connectivity index (χ4n) is 1.38. The molecule has 0 heterocycles. The molecule has 0 saturated heterocycles. The van der Waals surface area contributed by atoms with Crippen molar-refractivity contribution in [2.75, 3.05) is 6.61 Å². The van der Waals surface area contributed by atoms with Crippen molar-refractivity contribution in [2.45, 2.75) is 59.3 Å². The average Bonchev–Trinajstić information content (AvgIpc) is 2.22. The van der Waals surface area contributed by atoms with Crippen LogP contribution in [0.25, 0.3) is 0 Å². The zero-order valence-corrected chi connectivity index (χ0v) is 10.3. The fourth-order valence-corrected chi connectivity index (χ4v) is 1.38. The summed E-state index contributed by atoms with van der Waals surface area (Å²) in [6.07, 6.45) is 9.45. The molecule has 0 atom stereocenters. The number of ether oxygens (including phenoxy) is 1. The maximum atomic E-state index is 10.6. The molecule has 88 valence electrons. The van der Waals surface area contributed by atoms with Crippen LogP contribution in [0.4, 0.5) is 0 Å². The molecule has 0 aromatic carbocycles. The Morgan fingerprint density at radius 2 is 1.93 bits per heavy atom. The smallest absolute Gasteiger partial charge is 0.302 e. The van der Waals surface area contributed by atoms with Crippen LogP contribution < -0.4 is 0 Å². The van der Waals surface area contributed by atoms with Crippen molar-refractivity contribution in [3.8, 4) is 0 Å². The lowest BCUT2D eigenvalue weighted by molar-refractivity contribution is -0.140. The van der Waals surface area contributed by atoms with Crippen LogP contribution in [0.15, 0.2) is 11.6 Å². The van der Waals surface area contributed by atoms with E-state index in [1.807, 2.05) is 0 Å². The molecule has 2 nitrogen and oxygen atoms in total. The van der Waals surface area contributed by atoms with Crippen molar-refractivity contribution in [3.05, 3.63) is 11.6 Å². The lowest BCUT2D eigenvalue weighted by atomic mass is 10.1. The first-order valence-electron chi connectivity index (χ1n) is 6.02. The minimum absolute atomic E-state index is 0.194. The zero-order chi connectivity index (χ0) is 11.5. The molecule has 0 radical (unpaired) electrons. The quantitative estimate of drug-likeness (QED) is 0.347. The monoisotopic (exact) mass is 212 g/mol. The van der Waals surface area contributed by atoms with E-state index in [4.69, 9.17) is 4.74 Å². The Morgan fingerprint density at radius 1 is 1.20 bits per heavy atom. The predicted molar refractivity (Wildman–Crippen MR) is 63.8 cm³/mol. The average molecular weight is 212 g/mol. The number of unbranched alkanes of at least 4 members (excludes halogenated alkanes) is 4. The Labute approximate surface area is 93.7 Å². The first kappa shape index (κ1) is 14.2. The van der Waals surface area contributed by atoms with Gasteiger partial charge in [-0.05, 0) is 24.8 Å². The summed E-state index contributed by atoms with van der Waals surface area (Å²) in [7, 11) is 0. The van der Waals surface area contributed by atoms with Crippen LogP contribution in [0.5, 0.6) is 0 Å². The lowest BCUT2D eigenvalue weighted by Gasteiger charge is -2.05. The minimum Gasteiger partial charge on any atom is -0.461 e. The Bertz CT molecular complexity index is 195. The van der Waals surface area contributed by atoms with E-state index in [0.29, 0.717) is 6.61 Å². The number of rotatable bonds is 8.